The van der Waals surface area contributed by atoms with Crippen molar-refractivity contribution in [2.24, 2.45) is 5.41 Å². The van der Waals surface area contributed by atoms with Crippen molar-refractivity contribution in [3.05, 3.63) is 0 Å². The Labute approximate surface area is 96.5 Å². The highest BCUT2D eigenvalue weighted by molar-refractivity contribution is 5.75. The predicted molar refractivity (Wildman–Crippen MR) is 60.7 cm³/mol. The number of hydrogen-bond donors (Lipinski definition) is 2. The van der Waals surface area contributed by atoms with Gasteiger partial charge in [0, 0.05) is 32.2 Å². The van der Waals surface area contributed by atoms with Gasteiger partial charge >= 0.3 is 5.97 Å². The number of hydrogen-bond acceptors (Lipinski definition) is 5. The van der Waals surface area contributed by atoms with Crippen molar-refractivity contribution in [3.63, 3.8) is 0 Å². The molecule has 2 heterocycles. The van der Waals surface area contributed by atoms with E-state index in [4.69, 9.17) is 4.84 Å². The maximum absolute atomic E-state index is 11.8. The molecule has 2 atom stereocenters. The highest BCUT2D eigenvalue weighted by atomic mass is 16.7. The van der Waals surface area contributed by atoms with Crippen LogP contribution >= 0.6 is 0 Å². The normalized spacial score (nSPS) is 31.2. The molecule has 0 amide bonds. The summed E-state index contributed by atoms with van der Waals surface area (Å²) in [5, 5.41) is 8.58. The number of piperazine rings is 1. The molecule has 0 spiro atoms. The summed E-state index contributed by atoms with van der Waals surface area (Å²) in [6.07, 6.45) is 0. The van der Waals surface area contributed by atoms with Crippen molar-refractivity contribution in [1.82, 2.24) is 15.7 Å². The first-order valence-electron chi connectivity index (χ1n) is 5.91. The molecule has 2 rings (SSSR count). The minimum atomic E-state index is -0.438. The van der Waals surface area contributed by atoms with Gasteiger partial charge in [0.05, 0.1) is 11.5 Å². The van der Waals surface area contributed by atoms with Gasteiger partial charge in [-0.1, -0.05) is 0 Å². The molecule has 2 N–H and O–H groups in total. The zero-order valence-electron chi connectivity index (χ0n) is 10.2. The molecule has 0 aromatic heterocycles. The first-order valence-corrected chi connectivity index (χ1v) is 5.91. The van der Waals surface area contributed by atoms with Crippen molar-refractivity contribution in [2.75, 3.05) is 26.2 Å². The lowest BCUT2D eigenvalue weighted by molar-refractivity contribution is -0.215. The molecule has 2 aliphatic heterocycles. The van der Waals surface area contributed by atoms with Crippen molar-refractivity contribution in [3.8, 4) is 0 Å². The van der Waals surface area contributed by atoms with E-state index in [1.165, 1.54) is 0 Å². The minimum Gasteiger partial charge on any atom is -0.367 e. The van der Waals surface area contributed by atoms with Gasteiger partial charge < -0.3 is 15.5 Å². The molecule has 2 fully saturated rings. The number of nitrogens with one attached hydrogen (secondary N) is 2. The molecule has 0 aromatic rings. The summed E-state index contributed by atoms with van der Waals surface area (Å²) in [6, 6.07) is 0.682. The van der Waals surface area contributed by atoms with Gasteiger partial charge in [0.2, 0.25) is 0 Å². The summed E-state index contributed by atoms with van der Waals surface area (Å²) < 4.78 is 0. The Morgan fingerprint density at radius 1 is 1.38 bits per heavy atom. The van der Waals surface area contributed by atoms with Crippen LogP contribution in [-0.4, -0.2) is 49.3 Å². The lowest BCUT2D eigenvalue weighted by Crippen LogP contribution is -2.58. The Morgan fingerprint density at radius 2 is 2.12 bits per heavy atom. The molecule has 0 bridgehead atoms. The lowest BCUT2D eigenvalue weighted by Gasteiger charge is -2.36. The third-order valence-corrected chi connectivity index (χ3v) is 3.10. The van der Waals surface area contributed by atoms with E-state index in [1.54, 1.807) is 0 Å². The highest BCUT2D eigenvalue weighted by Gasteiger charge is 2.38. The van der Waals surface area contributed by atoms with Crippen LogP contribution in [0.2, 0.25) is 0 Å². The Morgan fingerprint density at radius 3 is 2.81 bits per heavy atom. The van der Waals surface area contributed by atoms with Gasteiger partial charge in [-0.3, -0.25) is 0 Å². The number of nitrogens with zero attached hydrogens (tertiary/aromatic N) is 1. The average Bonchev–Trinajstić information content (AvgIpc) is 2.65. The monoisotopic (exact) mass is 227 g/mol. The number of carbonyl (C=O) groups excluding carboxylic acids is 1. The van der Waals surface area contributed by atoms with E-state index in [-0.39, 0.29) is 12.0 Å². The second kappa shape index (κ2) is 4.31. The van der Waals surface area contributed by atoms with Crippen LogP contribution in [0.4, 0.5) is 0 Å². The van der Waals surface area contributed by atoms with Crippen LogP contribution in [0.5, 0.6) is 0 Å². The van der Waals surface area contributed by atoms with E-state index in [9.17, 15) is 4.79 Å². The molecule has 0 radical (unpaired) electrons. The van der Waals surface area contributed by atoms with Gasteiger partial charge in [0.1, 0.15) is 0 Å². The quantitative estimate of drug-likeness (QED) is 0.646. The molecular weight excluding hydrogens is 206 g/mol. The van der Waals surface area contributed by atoms with E-state index in [1.807, 2.05) is 25.8 Å². The molecule has 16 heavy (non-hydrogen) atoms. The SMILES string of the molecule is CC(C)(C)C(=O)ON1CCNC2CNCC21. The van der Waals surface area contributed by atoms with Gasteiger partial charge in [-0.25, -0.2) is 4.79 Å². The van der Waals surface area contributed by atoms with Gasteiger partial charge in [-0.05, 0) is 20.8 Å². The fourth-order valence-electron chi connectivity index (χ4n) is 2.06. The third-order valence-electron chi connectivity index (χ3n) is 3.10. The summed E-state index contributed by atoms with van der Waals surface area (Å²) in [6.45, 7) is 9.11. The molecule has 2 unspecified atom stereocenters. The topological polar surface area (TPSA) is 53.6 Å². The van der Waals surface area contributed by atoms with Crippen molar-refractivity contribution >= 4 is 5.97 Å². The van der Waals surface area contributed by atoms with Crippen LogP contribution in [0.3, 0.4) is 0 Å². The fourth-order valence-corrected chi connectivity index (χ4v) is 2.06. The summed E-state index contributed by atoms with van der Waals surface area (Å²) in [4.78, 5) is 17.3. The minimum absolute atomic E-state index is 0.153. The summed E-state index contributed by atoms with van der Waals surface area (Å²) in [5.41, 5.74) is -0.438. The summed E-state index contributed by atoms with van der Waals surface area (Å²) in [7, 11) is 0. The molecule has 5 heteroatoms. The Kier molecular flexibility index (Phi) is 3.19. The first kappa shape index (κ1) is 11.8. The molecular formula is C11H21N3O2. The molecule has 0 saturated carbocycles. The van der Waals surface area contributed by atoms with Crippen molar-refractivity contribution in [2.45, 2.75) is 32.9 Å². The molecule has 2 aliphatic rings. The number of rotatable bonds is 1. The second-order valence-electron chi connectivity index (χ2n) is 5.56. The lowest BCUT2D eigenvalue weighted by atomic mass is 9.98. The molecule has 0 aromatic carbocycles. The van der Waals surface area contributed by atoms with E-state index in [2.05, 4.69) is 10.6 Å². The standard InChI is InChI=1S/C11H21N3O2/c1-11(2,3)10(15)16-14-5-4-13-8-6-12-7-9(8)14/h8-9,12-13H,4-7H2,1-3H3. The first-order chi connectivity index (χ1) is 7.48. The summed E-state index contributed by atoms with van der Waals surface area (Å²) >= 11 is 0. The smallest absolute Gasteiger partial charge is 0.330 e. The van der Waals surface area contributed by atoms with E-state index in [0.717, 1.165) is 26.2 Å². The number of fused-ring (bicyclic) bond motifs is 1. The van der Waals surface area contributed by atoms with Crippen LogP contribution in [-0.2, 0) is 9.63 Å². The Bertz CT molecular complexity index is 275. The van der Waals surface area contributed by atoms with E-state index >= 15 is 0 Å². The third kappa shape index (κ3) is 2.36. The molecule has 92 valence electrons. The van der Waals surface area contributed by atoms with Crippen LogP contribution in [0, 0.1) is 5.41 Å². The van der Waals surface area contributed by atoms with Crippen LogP contribution in [0.15, 0.2) is 0 Å². The number of hydroxylamine groups is 2. The van der Waals surface area contributed by atoms with Crippen molar-refractivity contribution < 1.29 is 9.63 Å². The van der Waals surface area contributed by atoms with Gasteiger partial charge in [0.25, 0.3) is 0 Å². The van der Waals surface area contributed by atoms with E-state index < -0.39 is 5.41 Å². The van der Waals surface area contributed by atoms with Gasteiger partial charge in [-0.2, -0.15) is 0 Å². The van der Waals surface area contributed by atoms with Crippen LogP contribution < -0.4 is 10.6 Å². The van der Waals surface area contributed by atoms with Crippen molar-refractivity contribution in [1.29, 1.82) is 0 Å². The zero-order valence-corrected chi connectivity index (χ0v) is 10.2. The highest BCUT2D eigenvalue weighted by Crippen LogP contribution is 2.20. The molecule has 5 nitrogen and oxygen atoms in total. The maximum atomic E-state index is 11.8. The van der Waals surface area contributed by atoms with Gasteiger partial charge in [0.15, 0.2) is 0 Å². The Hall–Kier alpha value is -0.650. The summed E-state index contributed by atoms with van der Waals surface area (Å²) in [5.74, 6) is -0.153. The second-order valence-corrected chi connectivity index (χ2v) is 5.56. The molecule has 2 saturated heterocycles. The average molecular weight is 227 g/mol. The fraction of sp³-hybridized carbons (Fsp3) is 0.909. The van der Waals surface area contributed by atoms with E-state index in [0.29, 0.717) is 6.04 Å². The van der Waals surface area contributed by atoms with Crippen LogP contribution in [0.1, 0.15) is 20.8 Å². The zero-order chi connectivity index (χ0) is 11.8. The van der Waals surface area contributed by atoms with Gasteiger partial charge in [-0.15, -0.1) is 5.06 Å². The Balaban J connectivity index is 1.96. The predicted octanol–water partition coefficient (Wildman–Crippen LogP) is -0.264. The molecule has 0 aliphatic carbocycles. The maximum Gasteiger partial charge on any atom is 0.330 e. The van der Waals surface area contributed by atoms with Crippen LogP contribution in [0.25, 0.3) is 0 Å². The number of carbonyl (C=O) groups is 1. The largest absolute Gasteiger partial charge is 0.367 e.